The van der Waals surface area contributed by atoms with E-state index in [2.05, 4.69) is 25.2 Å². The molecule has 0 aromatic heterocycles. The van der Waals surface area contributed by atoms with Crippen molar-refractivity contribution in [1.29, 1.82) is 0 Å². The molecular formula is C17H25ClN2O. The first kappa shape index (κ1) is 16.3. The number of hydrogen-bond donors (Lipinski definition) is 1. The quantitative estimate of drug-likeness (QED) is 0.811. The van der Waals surface area contributed by atoms with Crippen molar-refractivity contribution >= 4 is 17.5 Å². The highest BCUT2D eigenvalue weighted by atomic mass is 35.5. The van der Waals surface area contributed by atoms with Gasteiger partial charge in [-0.15, -0.1) is 0 Å². The highest BCUT2D eigenvalue weighted by molar-refractivity contribution is 6.30. The lowest BCUT2D eigenvalue weighted by molar-refractivity contribution is -0.132. The summed E-state index contributed by atoms with van der Waals surface area (Å²) < 4.78 is 0. The smallest absolute Gasteiger partial charge is 0.223 e. The summed E-state index contributed by atoms with van der Waals surface area (Å²) >= 11 is 6.07. The van der Waals surface area contributed by atoms with Gasteiger partial charge in [0, 0.05) is 24.0 Å². The normalized spacial score (nSPS) is 18.5. The van der Waals surface area contributed by atoms with Crippen LogP contribution in [0.4, 0.5) is 0 Å². The maximum Gasteiger partial charge on any atom is 0.223 e. The van der Waals surface area contributed by atoms with Crippen LogP contribution in [0, 0.1) is 0 Å². The largest absolute Gasteiger partial charge is 0.336 e. The predicted octanol–water partition coefficient (Wildman–Crippen LogP) is 3.78. The van der Waals surface area contributed by atoms with Crippen molar-refractivity contribution in [2.75, 3.05) is 13.1 Å². The van der Waals surface area contributed by atoms with Crippen molar-refractivity contribution in [3.8, 4) is 0 Å². The molecule has 1 amide bonds. The van der Waals surface area contributed by atoms with E-state index in [1.165, 1.54) is 0 Å². The van der Waals surface area contributed by atoms with Gasteiger partial charge in [-0.2, -0.15) is 0 Å². The van der Waals surface area contributed by atoms with Gasteiger partial charge in [0.05, 0.1) is 6.04 Å². The fourth-order valence-electron chi connectivity index (χ4n) is 2.90. The Balaban J connectivity index is 1.90. The topological polar surface area (TPSA) is 32.3 Å². The van der Waals surface area contributed by atoms with Crippen LogP contribution in [0.15, 0.2) is 24.3 Å². The number of nitrogens with one attached hydrogen (secondary N) is 1. The van der Waals surface area contributed by atoms with Crippen LogP contribution >= 0.6 is 11.6 Å². The van der Waals surface area contributed by atoms with Crippen LogP contribution in [0.1, 0.15) is 51.1 Å². The number of rotatable bonds is 6. The maximum atomic E-state index is 12.4. The van der Waals surface area contributed by atoms with Crippen molar-refractivity contribution in [3.63, 3.8) is 0 Å². The van der Waals surface area contributed by atoms with E-state index in [0.29, 0.717) is 12.5 Å². The minimum atomic E-state index is 0.203. The molecular weight excluding hydrogens is 284 g/mol. The number of hydrogen-bond acceptors (Lipinski definition) is 2. The lowest BCUT2D eigenvalue weighted by atomic mass is 10.0. The van der Waals surface area contributed by atoms with Crippen LogP contribution in [0.2, 0.25) is 5.02 Å². The van der Waals surface area contributed by atoms with Gasteiger partial charge in [-0.05, 0) is 43.5 Å². The molecule has 1 aliphatic heterocycles. The fourth-order valence-corrected chi connectivity index (χ4v) is 3.10. The Kier molecular flexibility index (Phi) is 6.07. The molecule has 0 saturated carbocycles. The van der Waals surface area contributed by atoms with E-state index in [1.807, 2.05) is 23.1 Å². The number of benzene rings is 1. The van der Waals surface area contributed by atoms with Crippen LogP contribution in [0.3, 0.4) is 0 Å². The van der Waals surface area contributed by atoms with Crippen molar-refractivity contribution in [3.05, 3.63) is 34.9 Å². The summed E-state index contributed by atoms with van der Waals surface area (Å²) in [6.45, 7) is 6.02. The molecule has 1 unspecified atom stereocenters. The van der Waals surface area contributed by atoms with Gasteiger partial charge in [-0.25, -0.2) is 0 Å². The molecule has 0 bridgehead atoms. The third-order valence-electron chi connectivity index (χ3n) is 3.93. The summed E-state index contributed by atoms with van der Waals surface area (Å²) in [5, 5.41) is 4.10. The Morgan fingerprint density at radius 2 is 2.29 bits per heavy atom. The van der Waals surface area contributed by atoms with Gasteiger partial charge in [0.25, 0.3) is 0 Å². The molecule has 21 heavy (non-hydrogen) atoms. The number of nitrogens with zero attached hydrogens (tertiary/aromatic N) is 1. The zero-order valence-electron chi connectivity index (χ0n) is 12.9. The lowest BCUT2D eigenvalue weighted by Gasteiger charge is -2.25. The van der Waals surface area contributed by atoms with Gasteiger partial charge in [-0.1, -0.05) is 37.6 Å². The lowest BCUT2D eigenvalue weighted by Crippen LogP contribution is -2.31. The van der Waals surface area contributed by atoms with Crippen molar-refractivity contribution in [2.45, 2.75) is 51.6 Å². The summed E-state index contributed by atoms with van der Waals surface area (Å²) in [6, 6.07) is 8.58. The molecule has 1 fully saturated rings. The van der Waals surface area contributed by atoms with Crippen LogP contribution in [-0.2, 0) is 4.79 Å². The first-order valence-corrected chi connectivity index (χ1v) is 8.24. The molecule has 0 spiro atoms. The fraction of sp³-hybridized carbons (Fsp3) is 0.588. The van der Waals surface area contributed by atoms with Crippen LogP contribution in [-0.4, -0.2) is 29.9 Å². The summed E-state index contributed by atoms with van der Waals surface area (Å²) in [7, 11) is 0. The molecule has 1 N–H and O–H groups in total. The van der Waals surface area contributed by atoms with E-state index in [-0.39, 0.29) is 11.9 Å². The molecule has 116 valence electrons. The Labute approximate surface area is 132 Å². The zero-order chi connectivity index (χ0) is 15.2. The highest BCUT2D eigenvalue weighted by Crippen LogP contribution is 2.33. The highest BCUT2D eigenvalue weighted by Gasteiger charge is 2.29. The molecule has 1 aromatic carbocycles. The molecule has 0 aliphatic carbocycles. The third-order valence-corrected chi connectivity index (χ3v) is 4.16. The van der Waals surface area contributed by atoms with Gasteiger partial charge >= 0.3 is 0 Å². The van der Waals surface area contributed by atoms with E-state index < -0.39 is 0 Å². The number of likely N-dealkylation sites (tertiary alicyclic amines) is 1. The second-order valence-corrected chi connectivity index (χ2v) is 6.45. The van der Waals surface area contributed by atoms with Gasteiger partial charge in [0.15, 0.2) is 0 Å². The van der Waals surface area contributed by atoms with Gasteiger partial charge in [0.2, 0.25) is 5.91 Å². The van der Waals surface area contributed by atoms with Gasteiger partial charge in [0.1, 0.15) is 0 Å². The van der Waals surface area contributed by atoms with Crippen LogP contribution in [0.25, 0.3) is 0 Å². The van der Waals surface area contributed by atoms with Crippen molar-refractivity contribution in [1.82, 2.24) is 10.2 Å². The molecule has 1 aromatic rings. The second kappa shape index (κ2) is 7.81. The standard InChI is InChI=1S/C17H25ClN2O/c1-13(2)19-10-4-9-17(21)20-11-5-8-16(20)14-6-3-7-15(18)12-14/h3,6-7,12-13,16,19H,4-5,8-11H2,1-2H3. The minimum absolute atomic E-state index is 0.203. The number of halogens is 1. The molecule has 1 saturated heterocycles. The number of carbonyl (C=O) groups is 1. The van der Waals surface area contributed by atoms with E-state index in [1.54, 1.807) is 0 Å². The molecule has 4 heteroatoms. The molecule has 0 radical (unpaired) electrons. The van der Waals surface area contributed by atoms with Crippen LogP contribution in [0.5, 0.6) is 0 Å². The second-order valence-electron chi connectivity index (χ2n) is 6.01. The number of amides is 1. The summed E-state index contributed by atoms with van der Waals surface area (Å²) in [4.78, 5) is 14.5. The Morgan fingerprint density at radius 1 is 1.48 bits per heavy atom. The molecule has 1 aliphatic rings. The molecule has 3 nitrogen and oxygen atoms in total. The van der Waals surface area contributed by atoms with Crippen molar-refractivity contribution < 1.29 is 4.79 Å². The Hall–Kier alpha value is -1.06. The molecule has 1 atom stereocenters. The van der Waals surface area contributed by atoms with E-state index in [4.69, 9.17) is 11.6 Å². The number of carbonyl (C=O) groups excluding carboxylic acids is 1. The van der Waals surface area contributed by atoms with Crippen LogP contribution < -0.4 is 5.32 Å². The molecule has 2 rings (SSSR count). The minimum Gasteiger partial charge on any atom is -0.336 e. The molecule has 1 heterocycles. The van der Waals surface area contributed by atoms with Gasteiger partial charge < -0.3 is 10.2 Å². The Morgan fingerprint density at radius 3 is 3.00 bits per heavy atom. The maximum absolute atomic E-state index is 12.4. The van der Waals surface area contributed by atoms with E-state index in [0.717, 1.165) is 42.9 Å². The monoisotopic (exact) mass is 308 g/mol. The predicted molar refractivity (Wildman–Crippen MR) is 87.5 cm³/mol. The average Bonchev–Trinajstić information content (AvgIpc) is 2.92. The summed E-state index contributed by atoms with van der Waals surface area (Å²) in [5.41, 5.74) is 1.16. The first-order valence-electron chi connectivity index (χ1n) is 7.86. The van der Waals surface area contributed by atoms with Gasteiger partial charge in [-0.3, -0.25) is 4.79 Å². The first-order chi connectivity index (χ1) is 10.1. The SMILES string of the molecule is CC(C)NCCCC(=O)N1CCCC1c1cccc(Cl)c1. The van der Waals surface area contributed by atoms with Crippen molar-refractivity contribution in [2.24, 2.45) is 0 Å². The zero-order valence-corrected chi connectivity index (χ0v) is 13.7. The third kappa shape index (κ3) is 4.72. The summed E-state index contributed by atoms with van der Waals surface area (Å²) in [5.74, 6) is 0.267. The average molecular weight is 309 g/mol. The Bertz CT molecular complexity index is 476. The summed E-state index contributed by atoms with van der Waals surface area (Å²) in [6.07, 6.45) is 3.63. The van der Waals surface area contributed by atoms with E-state index >= 15 is 0 Å². The van der Waals surface area contributed by atoms with E-state index in [9.17, 15) is 4.79 Å².